The summed E-state index contributed by atoms with van der Waals surface area (Å²) in [7, 11) is 0. The van der Waals surface area contributed by atoms with E-state index in [0.717, 1.165) is 31.3 Å². The molecular formula is C27H24O4S. The molecule has 0 fully saturated rings. The first-order chi connectivity index (χ1) is 15.6. The summed E-state index contributed by atoms with van der Waals surface area (Å²) in [5, 5.41) is 13.7. The van der Waals surface area contributed by atoms with Crippen LogP contribution in [-0.4, -0.2) is 30.4 Å². The minimum Gasteiger partial charge on any atom is -0.488 e. The Morgan fingerprint density at radius 1 is 0.969 bits per heavy atom. The van der Waals surface area contributed by atoms with E-state index in [2.05, 4.69) is 36.9 Å². The lowest BCUT2D eigenvalue weighted by atomic mass is 10.0. The van der Waals surface area contributed by atoms with Gasteiger partial charge in [-0.25, -0.2) is 4.79 Å². The van der Waals surface area contributed by atoms with Gasteiger partial charge < -0.3 is 14.6 Å². The van der Waals surface area contributed by atoms with Crippen LogP contribution in [0.4, 0.5) is 0 Å². The number of esters is 1. The third kappa shape index (κ3) is 4.79. The highest BCUT2D eigenvalue weighted by Crippen LogP contribution is 2.41. The maximum absolute atomic E-state index is 11.9. The van der Waals surface area contributed by atoms with Crippen LogP contribution >= 0.6 is 11.8 Å². The van der Waals surface area contributed by atoms with Crippen molar-refractivity contribution in [1.29, 1.82) is 0 Å². The molecule has 162 valence electrons. The number of aliphatic hydroxyl groups is 1. The van der Waals surface area contributed by atoms with Crippen molar-refractivity contribution < 1.29 is 19.4 Å². The number of benzene rings is 4. The van der Waals surface area contributed by atoms with Gasteiger partial charge in [-0.05, 0) is 42.0 Å². The van der Waals surface area contributed by atoms with Gasteiger partial charge in [0.2, 0.25) is 0 Å². The Morgan fingerprint density at radius 2 is 1.69 bits per heavy atom. The Balaban J connectivity index is 1.74. The van der Waals surface area contributed by atoms with Gasteiger partial charge in [-0.3, -0.25) is 0 Å². The summed E-state index contributed by atoms with van der Waals surface area (Å²) >= 11 is 1.70. The average molecular weight is 445 g/mol. The molecule has 4 aromatic carbocycles. The van der Waals surface area contributed by atoms with E-state index in [0.29, 0.717) is 5.75 Å². The summed E-state index contributed by atoms with van der Waals surface area (Å²) in [4.78, 5) is 14.2. The second kappa shape index (κ2) is 9.90. The molecule has 0 aliphatic carbocycles. The number of fused-ring (bicyclic) bond motifs is 2. The number of ether oxygens (including phenoxy) is 2. The van der Waals surface area contributed by atoms with Gasteiger partial charge in [0.1, 0.15) is 12.4 Å². The Morgan fingerprint density at radius 3 is 2.44 bits per heavy atom. The van der Waals surface area contributed by atoms with E-state index in [1.807, 2.05) is 48.5 Å². The number of hydrogen-bond donors (Lipinski definition) is 1. The zero-order valence-electron chi connectivity index (χ0n) is 17.8. The monoisotopic (exact) mass is 444 g/mol. The second-order valence-electron chi connectivity index (χ2n) is 7.49. The number of carbonyl (C=O) groups is 1. The first-order valence-corrected chi connectivity index (χ1v) is 11.2. The minimum atomic E-state index is -0.782. The van der Waals surface area contributed by atoms with Gasteiger partial charge in [0, 0.05) is 26.1 Å². The van der Waals surface area contributed by atoms with Gasteiger partial charge in [-0.15, -0.1) is 0 Å². The van der Waals surface area contributed by atoms with Crippen molar-refractivity contribution in [3.05, 3.63) is 91.0 Å². The minimum absolute atomic E-state index is 0.0364. The summed E-state index contributed by atoms with van der Waals surface area (Å²) in [5.41, 5.74) is 0.279. The Kier molecular flexibility index (Phi) is 6.78. The number of carbonyl (C=O) groups excluding carboxylic acids is 1. The predicted octanol–water partition coefficient (Wildman–Crippen LogP) is 6.00. The topological polar surface area (TPSA) is 55.8 Å². The molecular weight excluding hydrogens is 420 g/mol. The zero-order valence-corrected chi connectivity index (χ0v) is 18.6. The van der Waals surface area contributed by atoms with Crippen LogP contribution in [0.2, 0.25) is 0 Å². The van der Waals surface area contributed by atoms with Crippen LogP contribution in [0.3, 0.4) is 0 Å². The molecule has 0 radical (unpaired) electrons. The number of rotatable bonds is 8. The van der Waals surface area contributed by atoms with Crippen LogP contribution in [0, 0.1) is 0 Å². The first kappa shape index (κ1) is 21.9. The lowest BCUT2D eigenvalue weighted by molar-refractivity contribution is -0.147. The molecule has 1 atom stereocenters. The van der Waals surface area contributed by atoms with E-state index in [1.54, 1.807) is 18.7 Å². The molecule has 4 rings (SSSR count). The van der Waals surface area contributed by atoms with Crippen LogP contribution in [0.5, 0.6) is 5.75 Å². The van der Waals surface area contributed by atoms with E-state index in [4.69, 9.17) is 9.47 Å². The Bertz CT molecular complexity index is 1270. The SMILES string of the molecule is C=C(C)C(=O)OC(CO)COc1c2ccccc2cc2c(Sc3ccccc3)cccc12. The summed E-state index contributed by atoms with van der Waals surface area (Å²) in [6, 6.07) is 26.6. The highest BCUT2D eigenvalue weighted by Gasteiger charge is 2.18. The van der Waals surface area contributed by atoms with Crippen LogP contribution in [0.15, 0.2) is 101 Å². The van der Waals surface area contributed by atoms with Gasteiger partial charge in [0.15, 0.2) is 6.10 Å². The third-order valence-electron chi connectivity index (χ3n) is 5.03. The highest BCUT2D eigenvalue weighted by molar-refractivity contribution is 7.99. The molecule has 0 aliphatic rings. The smallest absolute Gasteiger partial charge is 0.333 e. The van der Waals surface area contributed by atoms with Crippen molar-refractivity contribution in [2.24, 2.45) is 0 Å². The van der Waals surface area contributed by atoms with Crippen molar-refractivity contribution in [1.82, 2.24) is 0 Å². The molecule has 1 N–H and O–H groups in total. The van der Waals surface area contributed by atoms with Gasteiger partial charge in [0.25, 0.3) is 0 Å². The number of hydrogen-bond acceptors (Lipinski definition) is 5. The maximum atomic E-state index is 11.9. The Hall–Kier alpha value is -3.28. The second-order valence-corrected chi connectivity index (χ2v) is 8.61. The zero-order chi connectivity index (χ0) is 22.5. The van der Waals surface area contributed by atoms with E-state index >= 15 is 0 Å². The van der Waals surface area contributed by atoms with Crippen molar-refractivity contribution in [3.63, 3.8) is 0 Å². The van der Waals surface area contributed by atoms with Crippen molar-refractivity contribution in [2.45, 2.75) is 22.8 Å². The molecule has 32 heavy (non-hydrogen) atoms. The normalized spacial score (nSPS) is 11.9. The highest BCUT2D eigenvalue weighted by atomic mass is 32.2. The van der Waals surface area contributed by atoms with Crippen molar-refractivity contribution >= 4 is 39.3 Å². The van der Waals surface area contributed by atoms with E-state index in [9.17, 15) is 9.90 Å². The molecule has 4 aromatic rings. The Labute approximate surface area is 191 Å². The molecule has 0 saturated carbocycles. The predicted molar refractivity (Wildman–Crippen MR) is 129 cm³/mol. The lowest BCUT2D eigenvalue weighted by Gasteiger charge is -2.19. The van der Waals surface area contributed by atoms with Crippen LogP contribution in [0.25, 0.3) is 21.5 Å². The fourth-order valence-electron chi connectivity index (χ4n) is 3.43. The van der Waals surface area contributed by atoms with E-state index in [1.165, 1.54) is 0 Å². The molecule has 0 spiro atoms. The molecule has 0 saturated heterocycles. The van der Waals surface area contributed by atoms with Gasteiger partial charge in [-0.1, -0.05) is 72.9 Å². The van der Waals surface area contributed by atoms with Crippen LogP contribution in [-0.2, 0) is 9.53 Å². The van der Waals surface area contributed by atoms with Gasteiger partial charge in [-0.2, -0.15) is 0 Å². The third-order valence-corrected chi connectivity index (χ3v) is 6.11. The molecule has 0 aliphatic heterocycles. The van der Waals surface area contributed by atoms with E-state index in [-0.39, 0.29) is 18.8 Å². The first-order valence-electron chi connectivity index (χ1n) is 10.3. The fraction of sp³-hybridized carbons (Fsp3) is 0.148. The van der Waals surface area contributed by atoms with Crippen molar-refractivity contribution in [2.75, 3.05) is 13.2 Å². The fourth-order valence-corrected chi connectivity index (χ4v) is 4.41. The van der Waals surface area contributed by atoms with Gasteiger partial charge >= 0.3 is 5.97 Å². The summed E-state index contributed by atoms with van der Waals surface area (Å²) in [6.07, 6.45) is -0.782. The van der Waals surface area contributed by atoms with Gasteiger partial charge in [0.05, 0.1) is 6.61 Å². The summed E-state index contributed by atoms with van der Waals surface area (Å²) < 4.78 is 11.5. The largest absolute Gasteiger partial charge is 0.488 e. The van der Waals surface area contributed by atoms with Crippen molar-refractivity contribution in [3.8, 4) is 5.75 Å². The summed E-state index contributed by atoms with van der Waals surface area (Å²) in [6.45, 7) is 4.86. The standard InChI is InChI=1S/C27H24O4S/c1-18(2)27(29)31-20(16-28)17-30-26-22-12-7-6-9-19(22)15-24-23(26)13-8-14-25(24)32-21-10-4-3-5-11-21/h3-15,20,28H,1,16-17H2,2H3. The quantitative estimate of drug-likeness (QED) is 0.205. The molecule has 1 unspecified atom stereocenters. The molecule has 0 bridgehead atoms. The number of aliphatic hydroxyl groups excluding tert-OH is 1. The molecule has 0 heterocycles. The van der Waals surface area contributed by atoms with Crippen LogP contribution in [0.1, 0.15) is 6.92 Å². The lowest BCUT2D eigenvalue weighted by Crippen LogP contribution is -2.28. The molecule has 0 aromatic heterocycles. The molecule has 4 nitrogen and oxygen atoms in total. The maximum Gasteiger partial charge on any atom is 0.333 e. The summed E-state index contributed by atoms with van der Waals surface area (Å²) in [5.74, 6) is 0.162. The van der Waals surface area contributed by atoms with Crippen LogP contribution < -0.4 is 4.74 Å². The molecule has 5 heteroatoms. The molecule has 0 amide bonds. The average Bonchev–Trinajstić information content (AvgIpc) is 2.81. The van der Waals surface area contributed by atoms with E-state index < -0.39 is 12.1 Å².